The number of hydrogen-bond acceptors (Lipinski definition) is 3. The van der Waals surface area contributed by atoms with E-state index in [4.69, 9.17) is 21.1 Å². The number of halogens is 1. The maximum absolute atomic E-state index is 5.54. The topological polar surface area (TPSA) is 30.5 Å². The molecule has 0 amide bonds. The standard InChI is InChI=1S/C9H12ClNO2/c1-12-7-3-4-8(11-6-10)9(5-7)13-2/h3-5,11H,6H2,1-2H3. The summed E-state index contributed by atoms with van der Waals surface area (Å²) >= 11 is 5.54. The van der Waals surface area contributed by atoms with Gasteiger partial charge in [-0.25, -0.2) is 0 Å². The van der Waals surface area contributed by atoms with Gasteiger partial charge in [0.1, 0.15) is 11.5 Å². The highest BCUT2D eigenvalue weighted by atomic mass is 35.5. The molecule has 1 N–H and O–H groups in total. The van der Waals surface area contributed by atoms with Gasteiger partial charge in [-0.3, -0.25) is 0 Å². The van der Waals surface area contributed by atoms with E-state index in [1.165, 1.54) is 0 Å². The Balaban J connectivity index is 2.93. The first-order valence-electron chi connectivity index (χ1n) is 3.83. The molecule has 4 heteroatoms. The van der Waals surface area contributed by atoms with Crippen molar-refractivity contribution in [3.05, 3.63) is 18.2 Å². The van der Waals surface area contributed by atoms with Crippen molar-refractivity contribution in [3.63, 3.8) is 0 Å². The van der Waals surface area contributed by atoms with Gasteiger partial charge in [0, 0.05) is 6.07 Å². The fraction of sp³-hybridized carbons (Fsp3) is 0.333. The second-order valence-corrected chi connectivity index (χ2v) is 2.64. The van der Waals surface area contributed by atoms with Crippen LogP contribution < -0.4 is 14.8 Å². The largest absolute Gasteiger partial charge is 0.497 e. The molecule has 1 aromatic rings. The van der Waals surface area contributed by atoms with Crippen LogP contribution in [0, 0.1) is 0 Å². The number of ether oxygens (including phenoxy) is 2. The van der Waals surface area contributed by atoms with Crippen molar-refractivity contribution < 1.29 is 9.47 Å². The Bertz CT molecular complexity index is 278. The van der Waals surface area contributed by atoms with Crippen LogP contribution in [0.25, 0.3) is 0 Å². The number of nitrogens with one attached hydrogen (secondary N) is 1. The Morgan fingerprint density at radius 1 is 1.31 bits per heavy atom. The molecular formula is C9H12ClNO2. The van der Waals surface area contributed by atoms with Crippen molar-refractivity contribution in [2.24, 2.45) is 0 Å². The first kappa shape index (κ1) is 9.99. The minimum atomic E-state index is 0.350. The lowest BCUT2D eigenvalue weighted by Crippen LogP contribution is -1.97. The molecule has 0 saturated heterocycles. The molecule has 1 aromatic carbocycles. The number of alkyl halides is 1. The molecule has 13 heavy (non-hydrogen) atoms. The third kappa shape index (κ3) is 2.42. The van der Waals surface area contributed by atoms with Crippen molar-refractivity contribution >= 4 is 17.3 Å². The van der Waals surface area contributed by atoms with Gasteiger partial charge in [-0.2, -0.15) is 0 Å². The van der Waals surface area contributed by atoms with E-state index in [0.29, 0.717) is 6.00 Å². The van der Waals surface area contributed by atoms with Crippen LogP contribution in [0.1, 0.15) is 0 Å². The molecule has 0 unspecified atom stereocenters. The predicted molar refractivity (Wildman–Crippen MR) is 53.9 cm³/mol. The van der Waals surface area contributed by atoms with Crippen LogP contribution in [0.3, 0.4) is 0 Å². The molecule has 0 saturated carbocycles. The summed E-state index contributed by atoms with van der Waals surface area (Å²) in [4.78, 5) is 0. The average molecular weight is 202 g/mol. The van der Waals surface area contributed by atoms with Gasteiger partial charge in [-0.1, -0.05) is 0 Å². The number of methoxy groups -OCH3 is 2. The van der Waals surface area contributed by atoms with Gasteiger partial charge in [0.2, 0.25) is 0 Å². The van der Waals surface area contributed by atoms with Crippen molar-refractivity contribution in [3.8, 4) is 11.5 Å². The Morgan fingerprint density at radius 2 is 2.08 bits per heavy atom. The maximum Gasteiger partial charge on any atom is 0.145 e. The van der Waals surface area contributed by atoms with Crippen molar-refractivity contribution in [2.75, 3.05) is 25.5 Å². The highest BCUT2D eigenvalue weighted by Gasteiger charge is 2.02. The second-order valence-electron chi connectivity index (χ2n) is 2.38. The summed E-state index contributed by atoms with van der Waals surface area (Å²) in [5.74, 6) is 1.48. The lowest BCUT2D eigenvalue weighted by molar-refractivity contribution is 0.395. The van der Waals surface area contributed by atoms with Gasteiger partial charge in [0.15, 0.2) is 0 Å². The van der Waals surface area contributed by atoms with E-state index in [1.54, 1.807) is 20.3 Å². The average Bonchev–Trinajstić information content (AvgIpc) is 2.19. The zero-order valence-electron chi connectivity index (χ0n) is 7.63. The summed E-state index contributed by atoms with van der Waals surface area (Å²) in [6.07, 6.45) is 0. The Labute approximate surface area is 82.6 Å². The predicted octanol–water partition coefficient (Wildman–Crippen LogP) is 2.31. The Kier molecular flexibility index (Phi) is 3.71. The molecule has 3 nitrogen and oxygen atoms in total. The van der Waals surface area contributed by atoms with E-state index >= 15 is 0 Å². The third-order valence-electron chi connectivity index (χ3n) is 1.67. The summed E-state index contributed by atoms with van der Waals surface area (Å²) in [5.41, 5.74) is 0.860. The molecule has 0 atom stereocenters. The second kappa shape index (κ2) is 4.82. The number of hydrogen-bond donors (Lipinski definition) is 1. The van der Waals surface area contributed by atoms with Crippen LogP contribution >= 0.6 is 11.6 Å². The van der Waals surface area contributed by atoms with E-state index in [-0.39, 0.29) is 0 Å². The van der Waals surface area contributed by atoms with E-state index in [2.05, 4.69) is 5.32 Å². The quantitative estimate of drug-likeness (QED) is 0.599. The maximum atomic E-state index is 5.54. The first-order valence-corrected chi connectivity index (χ1v) is 4.37. The van der Waals surface area contributed by atoms with Gasteiger partial charge < -0.3 is 14.8 Å². The van der Waals surface area contributed by atoms with Crippen LogP contribution in [0.4, 0.5) is 5.69 Å². The molecule has 0 fully saturated rings. The van der Waals surface area contributed by atoms with Crippen LogP contribution in [0.5, 0.6) is 11.5 Å². The molecule has 0 aromatic heterocycles. The molecule has 0 spiro atoms. The Morgan fingerprint density at radius 3 is 2.62 bits per heavy atom. The summed E-state index contributed by atoms with van der Waals surface area (Å²) in [6, 6.07) is 5.86. The third-order valence-corrected chi connectivity index (χ3v) is 1.80. The van der Waals surface area contributed by atoms with E-state index in [0.717, 1.165) is 17.2 Å². The smallest absolute Gasteiger partial charge is 0.145 e. The van der Waals surface area contributed by atoms with Crippen LogP contribution in [0.2, 0.25) is 0 Å². The first-order chi connectivity index (χ1) is 6.31. The minimum absolute atomic E-state index is 0.350. The molecular weight excluding hydrogens is 190 g/mol. The number of rotatable bonds is 4. The minimum Gasteiger partial charge on any atom is -0.497 e. The van der Waals surface area contributed by atoms with Crippen molar-refractivity contribution in [1.29, 1.82) is 0 Å². The van der Waals surface area contributed by atoms with E-state index < -0.39 is 0 Å². The summed E-state index contributed by atoms with van der Waals surface area (Å²) < 4.78 is 10.2. The van der Waals surface area contributed by atoms with Gasteiger partial charge in [-0.15, -0.1) is 11.6 Å². The summed E-state index contributed by atoms with van der Waals surface area (Å²) in [7, 11) is 3.22. The lowest BCUT2D eigenvalue weighted by Gasteiger charge is -2.10. The summed E-state index contributed by atoms with van der Waals surface area (Å²) in [5, 5.41) is 2.96. The fourth-order valence-electron chi connectivity index (χ4n) is 1.02. The van der Waals surface area contributed by atoms with Crippen molar-refractivity contribution in [2.45, 2.75) is 0 Å². The van der Waals surface area contributed by atoms with Crippen LogP contribution in [0.15, 0.2) is 18.2 Å². The van der Waals surface area contributed by atoms with Gasteiger partial charge in [-0.05, 0) is 12.1 Å². The number of anilines is 1. The van der Waals surface area contributed by atoms with Crippen LogP contribution in [-0.4, -0.2) is 20.2 Å². The highest BCUT2D eigenvalue weighted by molar-refractivity contribution is 6.18. The fourth-order valence-corrected chi connectivity index (χ4v) is 1.16. The molecule has 1 rings (SSSR count). The lowest BCUT2D eigenvalue weighted by atomic mass is 10.3. The SMILES string of the molecule is COc1ccc(NCCl)c(OC)c1. The molecule has 0 aliphatic carbocycles. The van der Waals surface area contributed by atoms with Crippen LogP contribution in [-0.2, 0) is 0 Å². The van der Waals surface area contributed by atoms with Gasteiger partial charge in [0.05, 0.1) is 25.9 Å². The van der Waals surface area contributed by atoms with Crippen molar-refractivity contribution in [1.82, 2.24) is 0 Å². The zero-order chi connectivity index (χ0) is 9.68. The number of benzene rings is 1. The monoisotopic (exact) mass is 201 g/mol. The van der Waals surface area contributed by atoms with E-state index in [9.17, 15) is 0 Å². The Hall–Kier alpha value is -1.09. The highest BCUT2D eigenvalue weighted by Crippen LogP contribution is 2.28. The van der Waals surface area contributed by atoms with E-state index in [1.807, 2.05) is 12.1 Å². The molecule has 0 aliphatic heterocycles. The molecule has 72 valence electrons. The molecule has 0 aliphatic rings. The summed E-state index contributed by atoms with van der Waals surface area (Å²) in [6.45, 7) is 0. The van der Waals surface area contributed by atoms with Gasteiger partial charge >= 0.3 is 0 Å². The molecule has 0 radical (unpaired) electrons. The molecule has 0 heterocycles. The normalized spacial score (nSPS) is 9.46. The molecule has 0 bridgehead atoms. The van der Waals surface area contributed by atoms with Gasteiger partial charge in [0.25, 0.3) is 0 Å². The zero-order valence-corrected chi connectivity index (χ0v) is 8.39.